The minimum Gasteiger partial charge on any atom is -0.316 e. The molecule has 1 N–H and O–H groups in total. The van der Waals surface area contributed by atoms with Gasteiger partial charge < -0.3 is 5.32 Å². The van der Waals surface area contributed by atoms with Crippen molar-refractivity contribution in [1.29, 1.82) is 0 Å². The van der Waals surface area contributed by atoms with Gasteiger partial charge in [-0.1, -0.05) is 44.9 Å². The number of hydrogen-bond acceptors (Lipinski definition) is 1. The normalized spacial score (nSPS) is 26.3. The minimum absolute atomic E-state index is 0.143. The molecule has 1 aromatic rings. The van der Waals surface area contributed by atoms with Gasteiger partial charge in [-0.05, 0) is 67.3 Å². The Morgan fingerprint density at radius 1 is 1.33 bits per heavy atom. The molecule has 0 saturated heterocycles. The van der Waals surface area contributed by atoms with Gasteiger partial charge >= 0.3 is 0 Å². The standard InChI is InChI=1S/C18H27ClFN/c1-12(2)10-21-11-14-5-4-13(3)8-17(14)16-7-6-15(19)9-18(16)20/h6-7,9,12-14,17,21H,4-5,8,10-11H2,1-3H3. The highest BCUT2D eigenvalue weighted by molar-refractivity contribution is 6.30. The zero-order valence-electron chi connectivity index (χ0n) is 13.3. The quantitative estimate of drug-likeness (QED) is 0.783. The highest BCUT2D eigenvalue weighted by atomic mass is 35.5. The molecule has 3 atom stereocenters. The van der Waals surface area contributed by atoms with E-state index >= 15 is 0 Å². The summed E-state index contributed by atoms with van der Waals surface area (Å²) in [6.07, 6.45) is 3.51. The maximum atomic E-state index is 14.3. The van der Waals surface area contributed by atoms with E-state index in [-0.39, 0.29) is 5.82 Å². The van der Waals surface area contributed by atoms with Crippen LogP contribution >= 0.6 is 11.6 Å². The Morgan fingerprint density at radius 2 is 2.10 bits per heavy atom. The third-order valence-corrected chi connectivity index (χ3v) is 4.81. The molecule has 2 rings (SSSR count). The van der Waals surface area contributed by atoms with Crippen LogP contribution in [0.3, 0.4) is 0 Å². The van der Waals surface area contributed by atoms with Crippen LogP contribution in [-0.2, 0) is 0 Å². The molecule has 0 heterocycles. The summed E-state index contributed by atoms with van der Waals surface area (Å²) in [5.41, 5.74) is 0.849. The van der Waals surface area contributed by atoms with Gasteiger partial charge in [-0.25, -0.2) is 4.39 Å². The molecule has 118 valence electrons. The Balaban J connectivity index is 2.10. The van der Waals surface area contributed by atoms with Gasteiger partial charge in [0.1, 0.15) is 5.82 Å². The molecule has 3 unspecified atom stereocenters. The SMILES string of the molecule is CC(C)CNCC1CCC(C)CC1c1ccc(Cl)cc1F. The van der Waals surface area contributed by atoms with Crippen molar-refractivity contribution in [2.75, 3.05) is 13.1 Å². The largest absolute Gasteiger partial charge is 0.316 e. The van der Waals surface area contributed by atoms with Gasteiger partial charge in [0.2, 0.25) is 0 Å². The third kappa shape index (κ3) is 4.69. The molecule has 0 aliphatic heterocycles. The molecule has 1 nitrogen and oxygen atoms in total. The van der Waals surface area contributed by atoms with E-state index in [4.69, 9.17) is 11.6 Å². The Hall–Kier alpha value is -0.600. The summed E-state index contributed by atoms with van der Waals surface area (Å²) in [4.78, 5) is 0. The fourth-order valence-electron chi connectivity index (χ4n) is 3.43. The number of hydrogen-bond donors (Lipinski definition) is 1. The highest BCUT2D eigenvalue weighted by Gasteiger charge is 2.31. The first-order chi connectivity index (χ1) is 9.97. The lowest BCUT2D eigenvalue weighted by Gasteiger charge is -2.36. The van der Waals surface area contributed by atoms with Crippen LogP contribution in [0.4, 0.5) is 4.39 Å². The molecule has 0 aromatic heterocycles. The van der Waals surface area contributed by atoms with E-state index in [0.29, 0.717) is 28.7 Å². The minimum atomic E-state index is -0.143. The fourth-order valence-corrected chi connectivity index (χ4v) is 3.59. The summed E-state index contributed by atoms with van der Waals surface area (Å²) in [5, 5.41) is 4.03. The third-order valence-electron chi connectivity index (χ3n) is 4.58. The second-order valence-corrected chi connectivity index (χ2v) is 7.44. The summed E-state index contributed by atoms with van der Waals surface area (Å²) in [6, 6.07) is 5.16. The molecular weight excluding hydrogens is 285 g/mol. The van der Waals surface area contributed by atoms with E-state index < -0.39 is 0 Å². The van der Waals surface area contributed by atoms with Crippen LogP contribution in [0.2, 0.25) is 5.02 Å². The van der Waals surface area contributed by atoms with Crippen LogP contribution in [0.15, 0.2) is 18.2 Å². The zero-order chi connectivity index (χ0) is 15.4. The molecule has 0 radical (unpaired) electrons. The summed E-state index contributed by atoms with van der Waals surface area (Å²) >= 11 is 5.89. The molecule has 0 bridgehead atoms. The van der Waals surface area contributed by atoms with Gasteiger partial charge in [0, 0.05) is 5.02 Å². The Morgan fingerprint density at radius 3 is 2.76 bits per heavy atom. The van der Waals surface area contributed by atoms with Gasteiger partial charge in [-0.2, -0.15) is 0 Å². The van der Waals surface area contributed by atoms with Crippen LogP contribution in [0.1, 0.15) is 51.5 Å². The monoisotopic (exact) mass is 311 g/mol. The summed E-state index contributed by atoms with van der Waals surface area (Å²) in [6.45, 7) is 8.72. The van der Waals surface area contributed by atoms with Crippen molar-refractivity contribution in [2.45, 2.75) is 46.0 Å². The Kier molecular flexibility index (Phi) is 6.07. The maximum Gasteiger partial charge on any atom is 0.128 e. The van der Waals surface area contributed by atoms with Gasteiger partial charge in [-0.3, -0.25) is 0 Å². The lowest BCUT2D eigenvalue weighted by Crippen LogP contribution is -2.33. The van der Waals surface area contributed by atoms with Crippen molar-refractivity contribution in [3.05, 3.63) is 34.6 Å². The zero-order valence-corrected chi connectivity index (χ0v) is 14.1. The van der Waals surface area contributed by atoms with Crippen molar-refractivity contribution in [3.63, 3.8) is 0 Å². The topological polar surface area (TPSA) is 12.0 Å². The molecule has 1 saturated carbocycles. The van der Waals surface area contributed by atoms with Crippen LogP contribution in [0, 0.1) is 23.6 Å². The van der Waals surface area contributed by atoms with E-state index in [1.807, 2.05) is 12.1 Å². The number of halogens is 2. The average Bonchev–Trinajstić information content (AvgIpc) is 2.40. The van der Waals surface area contributed by atoms with Crippen LogP contribution < -0.4 is 5.32 Å². The summed E-state index contributed by atoms with van der Waals surface area (Å²) < 4.78 is 14.3. The molecule has 0 amide bonds. The van der Waals surface area contributed by atoms with Crippen LogP contribution in [-0.4, -0.2) is 13.1 Å². The predicted molar refractivity (Wildman–Crippen MR) is 88.4 cm³/mol. The number of nitrogens with one attached hydrogen (secondary N) is 1. The van der Waals surface area contributed by atoms with Crippen LogP contribution in [0.25, 0.3) is 0 Å². The first-order valence-electron chi connectivity index (χ1n) is 8.13. The highest BCUT2D eigenvalue weighted by Crippen LogP contribution is 2.41. The molecular formula is C18H27ClFN. The van der Waals surface area contributed by atoms with Gasteiger partial charge in [0.05, 0.1) is 0 Å². The van der Waals surface area contributed by atoms with Crippen molar-refractivity contribution >= 4 is 11.6 Å². The fraction of sp³-hybridized carbons (Fsp3) is 0.667. The molecule has 1 aromatic carbocycles. The second kappa shape index (κ2) is 7.60. The Bertz CT molecular complexity index is 461. The van der Waals surface area contributed by atoms with Gasteiger partial charge in [0.25, 0.3) is 0 Å². The second-order valence-electron chi connectivity index (χ2n) is 7.00. The van der Waals surface area contributed by atoms with Crippen molar-refractivity contribution in [1.82, 2.24) is 5.32 Å². The van der Waals surface area contributed by atoms with Gasteiger partial charge in [-0.15, -0.1) is 0 Å². The molecule has 1 aliphatic carbocycles. The summed E-state index contributed by atoms with van der Waals surface area (Å²) in [7, 11) is 0. The predicted octanol–water partition coefficient (Wildman–Crippen LogP) is 5.24. The number of benzene rings is 1. The molecule has 0 spiro atoms. The van der Waals surface area contributed by atoms with E-state index in [0.717, 1.165) is 25.1 Å². The van der Waals surface area contributed by atoms with E-state index in [1.165, 1.54) is 18.9 Å². The lowest BCUT2D eigenvalue weighted by molar-refractivity contribution is 0.236. The first kappa shape index (κ1) is 16.8. The van der Waals surface area contributed by atoms with Gasteiger partial charge in [0.15, 0.2) is 0 Å². The average molecular weight is 312 g/mol. The van der Waals surface area contributed by atoms with E-state index in [1.54, 1.807) is 0 Å². The molecule has 21 heavy (non-hydrogen) atoms. The van der Waals surface area contributed by atoms with Crippen molar-refractivity contribution in [3.8, 4) is 0 Å². The van der Waals surface area contributed by atoms with E-state index in [9.17, 15) is 4.39 Å². The molecule has 3 heteroatoms. The smallest absolute Gasteiger partial charge is 0.128 e. The maximum absolute atomic E-state index is 14.3. The first-order valence-corrected chi connectivity index (χ1v) is 8.50. The molecule has 1 aliphatic rings. The van der Waals surface area contributed by atoms with Crippen LogP contribution in [0.5, 0.6) is 0 Å². The van der Waals surface area contributed by atoms with Crippen molar-refractivity contribution in [2.24, 2.45) is 17.8 Å². The number of rotatable bonds is 5. The summed E-state index contributed by atoms with van der Waals surface area (Å²) in [5.74, 6) is 2.02. The van der Waals surface area contributed by atoms with E-state index in [2.05, 4.69) is 26.1 Å². The lowest BCUT2D eigenvalue weighted by atomic mass is 9.71. The van der Waals surface area contributed by atoms with Crippen molar-refractivity contribution < 1.29 is 4.39 Å². The Labute approximate surface area is 133 Å². The molecule has 1 fully saturated rings.